The summed E-state index contributed by atoms with van der Waals surface area (Å²) in [6.45, 7) is 8.88. The van der Waals surface area contributed by atoms with Crippen molar-refractivity contribution in [3.8, 4) is 0 Å². The molecule has 4 aromatic carbocycles. The van der Waals surface area contributed by atoms with Gasteiger partial charge in [-0.25, -0.2) is 0 Å². The van der Waals surface area contributed by atoms with Crippen molar-refractivity contribution in [1.82, 2.24) is 5.32 Å². The van der Waals surface area contributed by atoms with E-state index < -0.39 is 0 Å². The van der Waals surface area contributed by atoms with E-state index in [1.54, 1.807) is 0 Å². The maximum absolute atomic E-state index is 13.2. The van der Waals surface area contributed by atoms with E-state index in [0.29, 0.717) is 11.8 Å². The topological polar surface area (TPSA) is 41.1 Å². The summed E-state index contributed by atoms with van der Waals surface area (Å²) in [4.78, 5) is 13.2. The van der Waals surface area contributed by atoms with Crippen molar-refractivity contribution in [2.45, 2.75) is 45.6 Å². The van der Waals surface area contributed by atoms with Gasteiger partial charge in [0.15, 0.2) is 0 Å². The fourth-order valence-electron chi connectivity index (χ4n) is 4.53. The summed E-state index contributed by atoms with van der Waals surface area (Å²) in [5, 5.41) is 9.16. The summed E-state index contributed by atoms with van der Waals surface area (Å²) in [5.74, 6) is 0.630. The number of amides is 1. The van der Waals surface area contributed by atoms with Crippen LogP contribution in [0.1, 0.15) is 67.8 Å². The highest BCUT2D eigenvalue weighted by atomic mass is 16.1. The summed E-state index contributed by atoms with van der Waals surface area (Å²) >= 11 is 0. The molecule has 3 nitrogen and oxygen atoms in total. The lowest BCUT2D eigenvalue weighted by Crippen LogP contribution is -2.32. The molecule has 1 amide bonds. The Hall–Kier alpha value is -3.43. The molecule has 0 radical (unpaired) electrons. The highest BCUT2D eigenvalue weighted by Crippen LogP contribution is 2.32. The van der Waals surface area contributed by atoms with Gasteiger partial charge >= 0.3 is 0 Å². The maximum Gasteiger partial charge on any atom is 0.238 e. The van der Waals surface area contributed by atoms with Crippen LogP contribution >= 0.6 is 0 Å². The maximum atomic E-state index is 13.2. The molecule has 1 atom stereocenters. The van der Waals surface area contributed by atoms with E-state index in [0.717, 1.165) is 16.8 Å². The number of benzene rings is 4. The Labute approximate surface area is 203 Å². The third kappa shape index (κ3) is 5.37. The molecule has 34 heavy (non-hydrogen) atoms. The summed E-state index contributed by atoms with van der Waals surface area (Å²) in [7, 11) is 0. The second kappa shape index (κ2) is 10.7. The predicted molar refractivity (Wildman–Crippen MR) is 143 cm³/mol. The molecule has 0 saturated heterocycles. The minimum absolute atomic E-state index is 0.0308. The van der Waals surface area contributed by atoms with Crippen molar-refractivity contribution >= 4 is 22.4 Å². The van der Waals surface area contributed by atoms with Crippen molar-refractivity contribution in [2.75, 3.05) is 11.9 Å². The van der Waals surface area contributed by atoms with Crippen LogP contribution in [0.25, 0.3) is 10.8 Å². The number of fused-ring (bicyclic) bond motifs is 1. The molecule has 4 rings (SSSR count). The van der Waals surface area contributed by atoms with Gasteiger partial charge in [0.1, 0.15) is 0 Å². The number of para-hydroxylation sites is 1. The van der Waals surface area contributed by atoms with Crippen molar-refractivity contribution in [3.63, 3.8) is 0 Å². The van der Waals surface area contributed by atoms with Crippen LogP contribution in [-0.2, 0) is 4.79 Å². The monoisotopic (exact) mass is 450 g/mol. The van der Waals surface area contributed by atoms with E-state index in [-0.39, 0.29) is 18.5 Å². The third-order valence-electron chi connectivity index (χ3n) is 6.34. The number of anilines is 1. The number of hydrogen-bond acceptors (Lipinski definition) is 2. The van der Waals surface area contributed by atoms with Gasteiger partial charge < -0.3 is 5.32 Å². The molecule has 2 N–H and O–H groups in total. The fraction of sp³-hybridized carbons (Fsp3) is 0.258. The summed E-state index contributed by atoms with van der Waals surface area (Å²) < 4.78 is 0. The van der Waals surface area contributed by atoms with Crippen LogP contribution in [0.4, 0.5) is 5.69 Å². The quantitative estimate of drug-likeness (QED) is 0.293. The van der Waals surface area contributed by atoms with E-state index >= 15 is 0 Å². The van der Waals surface area contributed by atoms with Crippen molar-refractivity contribution in [1.29, 1.82) is 0 Å². The lowest BCUT2D eigenvalue weighted by atomic mass is 9.92. The van der Waals surface area contributed by atoms with Crippen LogP contribution in [0.2, 0.25) is 0 Å². The summed E-state index contributed by atoms with van der Waals surface area (Å²) in [6.07, 6.45) is 0. The molecular formula is C31H34N2O. The minimum atomic E-state index is -0.0820. The molecule has 4 aromatic rings. The van der Waals surface area contributed by atoms with Gasteiger partial charge in [-0.2, -0.15) is 0 Å². The van der Waals surface area contributed by atoms with Gasteiger partial charge in [0.2, 0.25) is 5.91 Å². The normalized spacial score (nSPS) is 12.3. The molecule has 0 aliphatic heterocycles. The van der Waals surface area contributed by atoms with E-state index in [1.807, 2.05) is 18.2 Å². The third-order valence-corrected chi connectivity index (χ3v) is 6.34. The molecule has 3 heteroatoms. The second-order valence-electron chi connectivity index (χ2n) is 9.50. The Morgan fingerprint density at radius 2 is 1.29 bits per heavy atom. The van der Waals surface area contributed by atoms with Gasteiger partial charge in [0.05, 0.1) is 12.6 Å². The van der Waals surface area contributed by atoms with E-state index in [2.05, 4.69) is 111 Å². The average molecular weight is 451 g/mol. The van der Waals surface area contributed by atoms with Crippen molar-refractivity contribution in [2.24, 2.45) is 0 Å². The van der Waals surface area contributed by atoms with Crippen LogP contribution < -0.4 is 10.6 Å². The smallest absolute Gasteiger partial charge is 0.238 e. The van der Waals surface area contributed by atoms with Gasteiger partial charge in [-0.05, 0) is 50.9 Å². The second-order valence-corrected chi connectivity index (χ2v) is 9.50. The van der Waals surface area contributed by atoms with Crippen LogP contribution in [0.3, 0.4) is 0 Å². The average Bonchev–Trinajstić information content (AvgIpc) is 2.84. The number of nitrogens with one attached hydrogen (secondary N) is 2. The molecule has 0 aliphatic carbocycles. The Morgan fingerprint density at radius 1 is 0.676 bits per heavy atom. The Balaban J connectivity index is 1.58. The van der Waals surface area contributed by atoms with Gasteiger partial charge in [-0.15, -0.1) is 0 Å². The van der Waals surface area contributed by atoms with Crippen LogP contribution in [-0.4, -0.2) is 12.5 Å². The van der Waals surface area contributed by atoms with Gasteiger partial charge in [-0.3, -0.25) is 10.1 Å². The SMILES string of the molecule is CC(C)c1cccc(C(C)C)c1NC(=O)CNC(c1ccccc1)c1ccc2ccccc2c1. The number of hydrogen-bond donors (Lipinski definition) is 2. The molecular weight excluding hydrogens is 416 g/mol. The Morgan fingerprint density at radius 3 is 1.94 bits per heavy atom. The zero-order valence-electron chi connectivity index (χ0n) is 20.5. The number of rotatable bonds is 8. The lowest BCUT2D eigenvalue weighted by Gasteiger charge is -2.22. The van der Waals surface area contributed by atoms with Crippen molar-refractivity contribution < 1.29 is 4.79 Å². The fourth-order valence-corrected chi connectivity index (χ4v) is 4.53. The van der Waals surface area contributed by atoms with E-state index in [1.165, 1.54) is 21.9 Å². The lowest BCUT2D eigenvalue weighted by molar-refractivity contribution is -0.115. The van der Waals surface area contributed by atoms with Crippen molar-refractivity contribution in [3.05, 3.63) is 113 Å². The minimum Gasteiger partial charge on any atom is -0.324 e. The molecule has 1 unspecified atom stereocenters. The van der Waals surface area contributed by atoms with Gasteiger partial charge in [0, 0.05) is 5.69 Å². The molecule has 0 aromatic heterocycles. The molecule has 0 saturated carbocycles. The number of carbonyl (C=O) groups excluding carboxylic acids is 1. The van der Waals surface area contributed by atoms with E-state index in [9.17, 15) is 4.79 Å². The predicted octanol–water partition coefficient (Wildman–Crippen LogP) is 7.40. The van der Waals surface area contributed by atoms with Crippen LogP contribution in [0.15, 0.2) is 91.0 Å². The summed E-state index contributed by atoms with van der Waals surface area (Å²) in [6, 6.07) is 31.4. The first-order chi connectivity index (χ1) is 16.4. The Kier molecular flexibility index (Phi) is 7.44. The van der Waals surface area contributed by atoms with Gasteiger partial charge in [-0.1, -0.05) is 113 Å². The number of carbonyl (C=O) groups is 1. The standard InChI is InChI=1S/C31H34N2O/c1-21(2)27-15-10-16-28(22(3)4)31(27)33-29(34)20-32-30(24-12-6-5-7-13-24)26-18-17-23-11-8-9-14-25(23)19-26/h5-19,21-22,30,32H,20H2,1-4H3,(H,33,34). The molecule has 0 fully saturated rings. The molecule has 0 aliphatic rings. The summed E-state index contributed by atoms with van der Waals surface area (Å²) in [5.41, 5.74) is 5.59. The largest absolute Gasteiger partial charge is 0.324 e. The molecule has 0 bridgehead atoms. The molecule has 174 valence electrons. The van der Waals surface area contributed by atoms with Gasteiger partial charge in [0.25, 0.3) is 0 Å². The molecule has 0 spiro atoms. The zero-order chi connectivity index (χ0) is 24.1. The Bertz CT molecular complexity index is 1230. The first-order valence-corrected chi connectivity index (χ1v) is 12.1. The zero-order valence-corrected chi connectivity index (χ0v) is 20.5. The highest BCUT2D eigenvalue weighted by Gasteiger charge is 2.19. The first kappa shape index (κ1) is 23.7. The highest BCUT2D eigenvalue weighted by molar-refractivity contribution is 5.94. The van der Waals surface area contributed by atoms with Crippen LogP contribution in [0, 0.1) is 0 Å². The molecule has 0 heterocycles. The van der Waals surface area contributed by atoms with Crippen LogP contribution in [0.5, 0.6) is 0 Å². The first-order valence-electron chi connectivity index (χ1n) is 12.1. The van der Waals surface area contributed by atoms with E-state index in [4.69, 9.17) is 0 Å².